The maximum Gasteiger partial charge on any atom is 0.315 e. The molecule has 4 amide bonds. The van der Waals surface area contributed by atoms with Crippen LogP contribution in [0.15, 0.2) is 72.8 Å². The summed E-state index contributed by atoms with van der Waals surface area (Å²) in [6.07, 6.45) is 0. The van der Waals surface area contributed by atoms with E-state index in [2.05, 4.69) is 21.3 Å². The Morgan fingerprint density at radius 1 is 0.632 bits per heavy atom. The maximum absolute atomic E-state index is 12.7. The molecule has 0 unspecified atom stereocenters. The van der Waals surface area contributed by atoms with Gasteiger partial charge in [-0.1, -0.05) is 48.5 Å². The van der Waals surface area contributed by atoms with E-state index < -0.39 is 11.1 Å². The zero-order valence-electron chi connectivity index (χ0n) is 23.0. The van der Waals surface area contributed by atoms with Crippen LogP contribution in [0.5, 0.6) is 11.5 Å². The van der Waals surface area contributed by atoms with Crippen LogP contribution in [0, 0.1) is 0 Å². The van der Waals surface area contributed by atoms with Gasteiger partial charge in [-0.2, -0.15) is 0 Å². The Morgan fingerprint density at radius 2 is 1.03 bits per heavy atom. The third-order valence-corrected chi connectivity index (χ3v) is 6.33. The van der Waals surface area contributed by atoms with E-state index >= 15 is 0 Å². The van der Waals surface area contributed by atoms with Crippen LogP contribution in [0.3, 0.4) is 0 Å². The van der Waals surface area contributed by atoms with Gasteiger partial charge in [-0.25, -0.2) is 9.59 Å². The van der Waals surface area contributed by atoms with Gasteiger partial charge < -0.3 is 30.7 Å². The Kier molecular flexibility index (Phi) is 9.23. The van der Waals surface area contributed by atoms with Gasteiger partial charge in [-0.05, 0) is 74.2 Å². The van der Waals surface area contributed by atoms with E-state index in [4.69, 9.17) is 9.47 Å². The molecule has 0 saturated carbocycles. The molecule has 0 saturated heterocycles. The lowest BCUT2D eigenvalue weighted by Gasteiger charge is -2.31. The highest BCUT2D eigenvalue weighted by atomic mass is 16.5. The van der Waals surface area contributed by atoms with E-state index in [1.807, 2.05) is 100 Å². The number of rotatable bonds is 10. The van der Waals surface area contributed by atoms with Crippen molar-refractivity contribution in [3.8, 4) is 11.5 Å². The van der Waals surface area contributed by atoms with Crippen molar-refractivity contribution in [3.05, 3.63) is 95.1 Å². The van der Waals surface area contributed by atoms with Crippen LogP contribution in [0.2, 0.25) is 0 Å². The van der Waals surface area contributed by atoms with Crippen LogP contribution in [0.25, 0.3) is 0 Å². The van der Waals surface area contributed by atoms with Gasteiger partial charge in [0.15, 0.2) is 0 Å². The van der Waals surface area contributed by atoms with E-state index in [0.29, 0.717) is 13.1 Å². The molecule has 3 rings (SSSR count). The van der Waals surface area contributed by atoms with Gasteiger partial charge in [0, 0.05) is 13.1 Å². The first-order chi connectivity index (χ1) is 18.0. The summed E-state index contributed by atoms with van der Waals surface area (Å²) in [5.41, 5.74) is 2.41. The van der Waals surface area contributed by atoms with Crippen molar-refractivity contribution in [1.82, 2.24) is 21.3 Å². The van der Waals surface area contributed by atoms with Gasteiger partial charge in [0.2, 0.25) is 0 Å². The predicted molar refractivity (Wildman–Crippen MR) is 149 cm³/mol. The van der Waals surface area contributed by atoms with E-state index in [1.54, 1.807) is 14.2 Å². The van der Waals surface area contributed by atoms with Crippen molar-refractivity contribution in [2.24, 2.45) is 0 Å². The van der Waals surface area contributed by atoms with Crippen molar-refractivity contribution in [1.29, 1.82) is 0 Å². The van der Waals surface area contributed by atoms with Crippen LogP contribution in [0.1, 0.15) is 49.9 Å². The first-order valence-electron chi connectivity index (χ1n) is 12.5. The van der Waals surface area contributed by atoms with E-state index in [9.17, 15) is 9.59 Å². The summed E-state index contributed by atoms with van der Waals surface area (Å²) < 4.78 is 10.5. The Bertz CT molecular complexity index is 1160. The molecule has 0 aromatic heterocycles. The minimum absolute atomic E-state index is 0.280. The highest BCUT2D eigenvalue weighted by molar-refractivity contribution is 5.75. The van der Waals surface area contributed by atoms with Gasteiger partial charge in [0.05, 0.1) is 25.3 Å². The molecule has 8 heteroatoms. The highest BCUT2D eigenvalue weighted by Gasteiger charge is 2.27. The molecule has 38 heavy (non-hydrogen) atoms. The van der Waals surface area contributed by atoms with Crippen molar-refractivity contribution >= 4 is 12.1 Å². The second-order valence-corrected chi connectivity index (χ2v) is 10.1. The summed E-state index contributed by atoms with van der Waals surface area (Å²) in [7, 11) is 3.23. The number of urea groups is 2. The molecular weight excluding hydrogens is 480 g/mol. The number of methoxy groups -OCH3 is 2. The van der Waals surface area contributed by atoms with Crippen LogP contribution in [-0.4, -0.2) is 26.3 Å². The maximum atomic E-state index is 12.7. The lowest BCUT2D eigenvalue weighted by molar-refractivity contribution is 0.229. The Labute approximate surface area is 225 Å². The number of amides is 4. The molecule has 3 aromatic carbocycles. The zero-order chi connectivity index (χ0) is 27.8. The minimum Gasteiger partial charge on any atom is -0.497 e. The normalized spacial score (nSPS) is 11.3. The minimum atomic E-state index is -0.654. The second-order valence-electron chi connectivity index (χ2n) is 10.1. The fourth-order valence-corrected chi connectivity index (χ4v) is 4.03. The molecule has 0 spiro atoms. The summed E-state index contributed by atoms with van der Waals surface area (Å²) in [4.78, 5) is 25.4. The van der Waals surface area contributed by atoms with Crippen molar-refractivity contribution < 1.29 is 19.1 Å². The van der Waals surface area contributed by atoms with Crippen LogP contribution >= 0.6 is 0 Å². The third-order valence-electron chi connectivity index (χ3n) is 6.33. The molecule has 0 bridgehead atoms. The fourth-order valence-electron chi connectivity index (χ4n) is 4.03. The van der Waals surface area contributed by atoms with E-state index in [1.165, 1.54) is 0 Å². The predicted octanol–water partition coefficient (Wildman–Crippen LogP) is 5.17. The molecule has 0 aliphatic rings. The first-order valence-corrected chi connectivity index (χ1v) is 12.5. The monoisotopic (exact) mass is 518 g/mol. The quantitative estimate of drug-likeness (QED) is 0.297. The van der Waals surface area contributed by atoms with E-state index in [0.717, 1.165) is 33.8 Å². The highest BCUT2D eigenvalue weighted by Crippen LogP contribution is 2.27. The average Bonchev–Trinajstić information content (AvgIpc) is 2.90. The molecule has 0 aliphatic heterocycles. The Morgan fingerprint density at radius 3 is 1.42 bits per heavy atom. The molecule has 8 nitrogen and oxygen atoms in total. The molecule has 3 aromatic rings. The molecule has 0 heterocycles. The van der Waals surface area contributed by atoms with Gasteiger partial charge in [0.25, 0.3) is 0 Å². The molecule has 0 aliphatic carbocycles. The fraction of sp³-hybridized carbons (Fsp3) is 0.333. The summed E-state index contributed by atoms with van der Waals surface area (Å²) in [6.45, 7) is 8.52. The third kappa shape index (κ3) is 7.90. The van der Waals surface area contributed by atoms with Gasteiger partial charge >= 0.3 is 12.1 Å². The summed E-state index contributed by atoms with van der Waals surface area (Å²) in [5.74, 6) is 1.49. The Hall–Kier alpha value is -4.20. The number of benzene rings is 3. The van der Waals surface area contributed by atoms with Gasteiger partial charge in [0.1, 0.15) is 11.5 Å². The van der Waals surface area contributed by atoms with Gasteiger partial charge in [-0.15, -0.1) is 0 Å². The lowest BCUT2D eigenvalue weighted by atomic mass is 9.87. The van der Waals surface area contributed by atoms with Crippen LogP contribution < -0.4 is 30.7 Å². The van der Waals surface area contributed by atoms with Crippen molar-refractivity contribution in [2.45, 2.75) is 51.9 Å². The molecule has 4 N–H and O–H groups in total. The number of carbonyl (C=O) groups is 2. The summed E-state index contributed by atoms with van der Waals surface area (Å²) in [6, 6.07) is 22.4. The van der Waals surface area contributed by atoms with Crippen molar-refractivity contribution in [3.63, 3.8) is 0 Å². The lowest BCUT2D eigenvalue weighted by Crippen LogP contribution is -2.47. The molecule has 0 radical (unpaired) electrons. The Balaban J connectivity index is 1.60. The van der Waals surface area contributed by atoms with Crippen molar-refractivity contribution in [2.75, 3.05) is 14.2 Å². The number of carbonyl (C=O) groups excluding carboxylic acids is 2. The molecule has 0 fully saturated rings. The smallest absolute Gasteiger partial charge is 0.315 e. The standard InChI is InChI=1S/C30H38N4O4/c1-29(2,33-27(35)31-19-21-10-7-14-25(16-21)37-5)23-12-9-13-24(18-23)30(3,4)34-28(36)32-20-22-11-8-15-26(17-22)38-6/h7-18H,19-20H2,1-6H3,(H2,31,33,35)(H2,32,34,36). The van der Waals surface area contributed by atoms with Gasteiger partial charge in [-0.3, -0.25) is 0 Å². The van der Waals surface area contributed by atoms with Crippen LogP contribution in [0.4, 0.5) is 9.59 Å². The first kappa shape index (κ1) is 28.4. The second kappa shape index (κ2) is 12.4. The number of hydrogen-bond donors (Lipinski definition) is 4. The largest absolute Gasteiger partial charge is 0.497 e. The molecule has 0 atom stereocenters. The van der Waals surface area contributed by atoms with Crippen LogP contribution in [-0.2, 0) is 24.2 Å². The number of nitrogens with one attached hydrogen (secondary N) is 4. The molecule has 202 valence electrons. The SMILES string of the molecule is COc1cccc(CNC(=O)NC(C)(C)c2cccc(C(C)(C)NC(=O)NCc3cccc(OC)c3)c2)c1. The summed E-state index contributed by atoms with van der Waals surface area (Å²) in [5, 5.41) is 11.9. The molecular formula is C30H38N4O4. The topological polar surface area (TPSA) is 101 Å². The number of hydrogen-bond acceptors (Lipinski definition) is 4. The average molecular weight is 519 g/mol. The number of ether oxygens (including phenoxy) is 2. The van der Waals surface area contributed by atoms with E-state index in [-0.39, 0.29) is 12.1 Å². The summed E-state index contributed by atoms with van der Waals surface area (Å²) >= 11 is 0. The zero-order valence-corrected chi connectivity index (χ0v) is 23.0.